The second-order valence-electron chi connectivity index (χ2n) is 12.7. The minimum atomic E-state index is -0.522. The van der Waals surface area contributed by atoms with Gasteiger partial charge in [0.25, 0.3) is 0 Å². The van der Waals surface area contributed by atoms with E-state index < -0.39 is 11.2 Å². The Balaban J connectivity index is 1.86. The highest BCUT2D eigenvalue weighted by Crippen LogP contribution is 2.27. The molecular weight excluding hydrogens is 604 g/mol. The van der Waals surface area contributed by atoms with Gasteiger partial charge in [-0.3, -0.25) is 19.2 Å². The van der Waals surface area contributed by atoms with E-state index in [2.05, 4.69) is 0 Å². The molecule has 0 spiro atoms. The fraction of sp³-hybridized carbons (Fsp3) is 0.459. The van der Waals surface area contributed by atoms with Crippen LogP contribution in [0.15, 0.2) is 48.6 Å². The van der Waals surface area contributed by atoms with Crippen molar-refractivity contribution in [1.29, 1.82) is 0 Å². The fourth-order valence-corrected chi connectivity index (χ4v) is 4.09. The molecule has 0 heterocycles. The first-order valence-corrected chi connectivity index (χ1v) is 15.6. The molecule has 0 aromatic heterocycles. The first-order valence-electron chi connectivity index (χ1n) is 15.6. The van der Waals surface area contributed by atoms with Crippen LogP contribution in [0.25, 0.3) is 12.2 Å². The molecule has 0 saturated carbocycles. The summed E-state index contributed by atoms with van der Waals surface area (Å²) in [6.45, 7) is 11.6. The standard InChI is InChI=1S/C37H48O10/c1-36(2,3)46-34(40)11-9-21-44-30-19-15-26(32(24-30)42-7)13-17-28(38)23-29(39)18-14-27-16-20-31(25-33(27)43-8)45-22-10-12-35(41)47-37(4,5)6/h13-20,24-25H,9-12,21-23H2,1-8H3/b17-13+,18-14+. The zero-order valence-corrected chi connectivity index (χ0v) is 28.8. The molecule has 47 heavy (non-hydrogen) atoms. The Hall–Kier alpha value is -4.60. The Morgan fingerprint density at radius 3 is 1.34 bits per heavy atom. The first-order chi connectivity index (χ1) is 22.1. The molecule has 0 aliphatic rings. The Kier molecular flexibility index (Phi) is 15.2. The van der Waals surface area contributed by atoms with Crippen LogP contribution >= 0.6 is 0 Å². The number of esters is 2. The Morgan fingerprint density at radius 2 is 1.00 bits per heavy atom. The Labute approximate surface area is 278 Å². The molecule has 10 nitrogen and oxygen atoms in total. The number of rotatable bonds is 18. The summed E-state index contributed by atoms with van der Waals surface area (Å²) in [4.78, 5) is 48.7. The predicted molar refractivity (Wildman–Crippen MR) is 180 cm³/mol. The predicted octanol–water partition coefficient (Wildman–Crippen LogP) is 6.96. The van der Waals surface area contributed by atoms with Gasteiger partial charge in [0, 0.05) is 36.1 Å². The average Bonchev–Trinajstić information content (AvgIpc) is 2.98. The monoisotopic (exact) mass is 652 g/mol. The summed E-state index contributed by atoms with van der Waals surface area (Å²) in [7, 11) is 3.02. The molecular formula is C37H48O10. The lowest BCUT2D eigenvalue weighted by Crippen LogP contribution is -2.24. The average molecular weight is 653 g/mol. The maximum absolute atomic E-state index is 12.5. The number of hydrogen-bond acceptors (Lipinski definition) is 10. The number of hydrogen-bond donors (Lipinski definition) is 0. The van der Waals surface area contributed by atoms with E-state index >= 15 is 0 Å². The Morgan fingerprint density at radius 1 is 0.617 bits per heavy atom. The van der Waals surface area contributed by atoms with E-state index in [9.17, 15) is 19.2 Å². The Bertz CT molecular complexity index is 1320. The minimum absolute atomic E-state index is 0.250. The number of methoxy groups -OCH3 is 2. The summed E-state index contributed by atoms with van der Waals surface area (Å²) in [5, 5.41) is 0. The number of ether oxygens (including phenoxy) is 6. The molecule has 0 bridgehead atoms. The van der Waals surface area contributed by atoms with Crippen molar-refractivity contribution < 1.29 is 47.6 Å². The first kappa shape index (κ1) is 38.6. The van der Waals surface area contributed by atoms with Crippen molar-refractivity contribution in [1.82, 2.24) is 0 Å². The summed E-state index contributed by atoms with van der Waals surface area (Å²) in [6.07, 6.45) is 7.03. The van der Waals surface area contributed by atoms with E-state index in [0.717, 1.165) is 0 Å². The smallest absolute Gasteiger partial charge is 0.306 e. The van der Waals surface area contributed by atoms with Crippen LogP contribution in [0.1, 0.15) is 84.8 Å². The van der Waals surface area contributed by atoms with Gasteiger partial charge in [0.1, 0.15) is 34.2 Å². The highest BCUT2D eigenvalue weighted by Gasteiger charge is 2.17. The van der Waals surface area contributed by atoms with Crippen molar-refractivity contribution in [2.45, 2.75) is 84.8 Å². The van der Waals surface area contributed by atoms with Gasteiger partial charge in [0.2, 0.25) is 0 Å². The van der Waals surface area contributed by atoms with Crippen LogP contribution in [0.3, 0.4) is 0 Å². The van der Waals surface area contributed by atoms with E-state index in [1.54, 1.807) is 48.6 Å². The third kappa shape index (κ3) is 16.0. The summed E-state index contributed by atoms with van der Waals surface area (Å²) in [5.74, 6) is 0.814. The molecule has 0 radical (unpaired) electrons. The number of carbonyl (C=O) groups excluding carboxylic acids is 4. The minimum Gasteiger partial charge on any atom is -0.496 e. The second-order valence-corrected chi connectivity index (χ2v) is 12.7. The molecule has 0 saturated heterocycles. The molecule has 0 amide bonds. The summed E-state index contributed by atoms with van der Waals surface area (Å²) in [5.41, 5.74) is 0.238. The molecule has 2 aromatic rings. The quantitative estimate of drug-likeness (QED) is 0.0722. The lowest BCUT2D eigenvalue weighted by Gasteiger charge is -2.19. The number of carbonyl (C=O) groups is 4. The zero-order valence-electron chi connectivity index (χ0n) is 28.8. The van der Waals surface area contributed by atoms with Crippen LogP contribution in [-0.4, -0.2) is 62.1 Å². The van der Waals surface area contributed by atoms with Crippen LogP contribution in [0, 0.1) is 0 Å². The lowest BCUT2D eigenvalue weighted by atomic mass is 10.1. The lowest BCUT2D eigenvalue weighted by molar-refractivity contribution is -0.156. The summed E-state index contributed by atoms with van der Waals surface area (Å²) >= 11 is 0. The van der Waals surface area contributed by atoms with Crippen molar-refractivity contribution in [3.05, 3.63) is 59.7 Å². The maximum atomic E-state index is 12.5. The zero-order chi connectivity index (χ0) is 35.0. The molecule has 0 aliphatic heterocycles. The topological polar surface area (TPSA) is 124 Å². The molecule has 2 aromatic carbocycles. The van der Waals surface area contributed by atoms with Gasteiger partial charge < -0.3 is 28.4 Å². The van der Waals surface area contributed by atoms with Gasteiger partial charge in [-0.05, 0) is 103 Å². The molecule has 0 aliphatic carbocycles. The van der Waals surface area contributed by atoms with E-state index in [-0.39, 0.29) is 42.8 Å². The molecule has 0 fully saturated rings. The van der Waals surface area contributed by atoms with Crippen molar-refractivity contribution in [3.8, 4) is 23.0 Å². The highest BCUT2D eigenvalue weighted by atomic mass is 16.6. The van der Waals surface area contributed by atoms with Gasteiger partial charge in [-0.2, -0.15) is 0 Å². The molecule has 0 atom stereocenters. The number of benzene rings is 2. The SMILES string of the molecule is COc1cc(OCCCC(=O)OC(C)(C)C)ccc1/C=C/C(=O)CC(=O)/C=C/c1ccc(OCCCC(=O)OC(C)(C)C)cc1OC. The van der Waals surface area contributed by atoms with E-state index in [1.165, 1.54) is 26.4 Å². The number of ketones is 2. The molecule has 2 rings (SSSR count). The van der Waals surface area contributed by atoms with Crippen molar-refractivity contribution in [2.24, 2.45) is 0 Å². The van der Waals surface area contributed by atoms with Crippen molar-refractivity contribution in [2.75, 3.05) is 27.4 Å². The van der Waals surface area contributed by atoms with Gasteiger partial charge in [-0.15, -0.1) is 0 Å². The van der Waals surface area contributed by atoms with Crippen LogP contribution in [0.2, 0.25) is 0 Å². The van der Waals surface area contributed by atoms with Gasteiger partial charge in [-0.1, -0.05) is 0 Å². The fourth-order valence-electron chi connectivity index (χ4n) is 4.09. The molecule has 256 valence electrons. The van der Waals surface area contributed by atoms with Gasteiger partial charge in [-0.25, -0.2) is 0 Å². The highest BCUT2D eigenvalue weighted by molar-refractivity contribution is 6.11. The third-order valence-corrected chi connectivity index (χ3v) is 6.08. The van der Waals surface area contributed by atoms with Crippen LogP contribution < -0.4 is 18.9 Å². The van der Waals surface area contributed by atoms with Crippen LogP contribution in [0.4, 0.5) is 0 Å². The van der Waals surface area contributed by atoms with Gasteiger partial charge >= 0.3 is 11.9 Å². The maximum Gasteiger partial charge on any atom is 0.306 e. The van der Waals surface area contributed by atoms with Crippen molar-refractivity contribution >= 4 is 35.7 Å². The number of allylic oxidation sites excluding steroid dienone is 2. The van der Waals surface area contributed by atoms with Crippen LogP contribution in [0.5, 0.6) is 23.0 Å². The second kappa shape index (κ2) is 18.5. The third-order valence-electron chi connectivity index (χ3n) is 6.08. The molecule has 0 unspecified atom stereocenters. The van der Waals surface area contributed by atoms with Crippen LogP contribution in [-0.2, 0) is 28.7 Å². The van der Waals surface area contributed by atoms with E-state index in [1.807, 2.05) is 41.5 Å². The van der Waals surface area contributed by atoms with Gasteiger partial charge in [0.15, 0.2) is 11.6 Å². The molecule has 0 N–H and O–H groups in total. The van der Waals surface area contributed by atoms with Gasteiger partial charge in [0.05, 0.1) is 33.9 Å². The summed E-state index contributed by atoms with van der Waals surface area (Å²) in [6, 6.07) is 10.4. The van der Waals surface area contributed by atoms with Crippen molar-refractivity contribution in [3.63, 3.8) is 0 Å². The summed E-state index contributed by atoms with van der Waals surface area (Å²) < 4.78 is 32.9. The normalized spacial score (nSPS) is 11.7. The van der Waals surface area contributed by atoms with E-state index in [4.69, 9.17) is 28.4 Å². The van der Waals surface area contributed by atoms with E-state index in [0.29, 0.717) is 60.2 Å². The molecule has 10 heteroatoms. The largest absolute Gasteiger partial charge is 0.496 e.